The number of hydrogen-bond acceptors (Lipinski definition) is 4. The normalized spacial score (nSPS) is 10.7. The van der Waals surface area contributed by atoms with Crippen LogP contribution in [0.5, 0.6) is 0 Å². The Labute approximate surface area is 148 Å². The van der Waals surface area contributed by atoms with Crippen molar-refractivity contribution in [2.45, 2.75) is 13.3 Å². The minimum absolute atomic E-state index is 0.0207. The Balaban J connectivity index is 1.58. The number of aromatic nitrogens is 2. The lowest BCUT2D eigenvalue weighted by Gasteiger charge is -2.06. The average Bonchev–Trinajstić information content (AvgIpc) is 3.07. The molecule has 128 valence electrons. The zero-order valence-corrected chi connectivity index (χ0v) is 14.2. The van der Waals surface area contributed by atoms with E-state index in [1.807, 2.05) is 0 Å². The van der Waals surface area contributed by atoms with Crippen LogP contribution in [-0.2, 0) is 6.42 Å². The van der Waals surface area contributed by atoms with Crippen LogP contribution >= 0.6 is 11.6 Å². The topological polar surface area (TPSA) is 68.0 Å². The lowest BCUT2D eigenvalue weighted by atomic mass is 10.1. The smallest absolute Gasteiger partial charge is 0.254 e. The number of nitrogens with zero attached hydrogens (tertiary/aromatic N) is 2. The van der Waals surface area contributed by atoms with Gasteiger partial charge in [0.05, 0.1) is 5.56 Å². The molecule has 3 aromatic rings. The molecule has 1 N–H and O–H groups in total. The molecule has 3 rings (SSSR count). The molecule has 0 aliphatic rings. The number of nitrogens with one attached hydrogen (secondary N) is 1. The zero-order chi connectivity index (χ0) is 17.8. The molecule has 0 radical (unpaired) electrons. The highest BCUT2D eigenvalue weighted by molar-refractivity contribution is 6.30. The van der Waals surface area contributed by atoms with Crippen LogP contribution in [0, 0.1) is 12.7 Å². The quantitative estimate of drug-likeness (QED) is 0.752. The maximum absolute atomic E-state index is 13.9. The molecule has 0 unspecified atom stereocenters. The van der Waals surface area contributed by atoms with E-state index in [-0.39, 0.29) is 12.1 Å². The highest BCUT2D eigenvalue weighted by Gasteiger charge is 2.13. The number of aryl methyl sites for hydroxylation is 1. The zero-order valence-electron chi connectivity index (χ0n) is 13.4. The summed E-state index contributed by atoms with van der Waals surface area (Å²) >= 11 is 5.84. The van der Waals surface area contributed by atoms with Crippen molar-refractivity contribution in [2.24, 2.45) is 0 Å². The number of halogens is 2. The SMILES string of the molecule is Cc1cccc(C(=O)NCCc2nc(-c3ccc(Cl)cc3)no2)c1F. The van der Waals surface area contributed by atoms with Gasteiger partial charge in [-0.15, -0.1) is 0 Å². The summed E-state index contributed by atoms with van der Waals surface area (Å²) in [6.45, 7) is 1.87. The molecular weight excluding hydrogens is 345 g/mol. The van der Waals surface area contributed by atoms with Crippen molar-refractivity contribution < 1.29 is 13.7 Å². The second kappa shape index (κ2) is 7.44. The van der Waals surface area contributed by atoms with Gasteiger partial charge in [-0.25, -0.2) is 4.39 Å². The fraction of sp³-hybridized carbons (Fsp3) is 0.167. The molecule has 0 saturated carbocycles. The molecule has 0 aliphatic carbocycles. The minimum atomic E-state index is -0.511. The van der Waals surface area contributed by atoms with Gasteiger partial charge in [0.1, 0.15) is 5.82 Å². The second-order valence-electron chi connectivity index (χ2n) is 5.46. The fourth-order valence-corrected chi connectivity index (χ4v) is 2.40. The number of rotatable bonds is 5. The Morgan fingerprint density at radius 2 is 2.00 bits per heavy atom. The third kappa shape index (κ3) is 4.03. The van der Waals surface area contributed by atoms with E-state index in [0.29, 0.717) is 28.7 Å². The molecule has 1 amide bonds. The maximum atomic E-state index is 13.9. The molecule has 0 spiro atoms. The molecule has 7 heteroatoms. The number of amides is 1. The van der Waals surface area contributed by atoms with Crippen molar-refractivity contribution in [3.63, 3.8) is 0 Å². The van der Waals surface area contributed by atoms with Crippen LogP contribution < -0.4 is 5.32 Å². The van der Waals surface area contributed by atoms with Crippen LogP contribution in [0.4, 0.5) is 4.39 Å². The third-order valence-electron chi connectivity index (χ3n) is 3.63. The lowest BCUT2D eigenvalue weighted by Crippen LogP contribution is -2.26. The summed E-state index contributed by atoms with van der Waals surface area (Å²) in [6.07, 6.45) is 0.347. The molecule has 1 heterocycles. The van der Waals surface area contributed by atoms with Gasteiger partial charge >= 0.3 is 0 Å². The van der Waals surface area contributed by atoms with E-state index in [9.17, 15) is 9.18 Å². The number of benzene rings is 2. The summed E-state index contributed by atoms with van der Waals surface area (Å²) in [5.74, 6) is -0.154. The number of hydrogen-bond donors (Lipinski definition) is 1. The molecule has 0 aliphatic heterocycles. The van der Waals surface area contributed by atoms with Crippen molar-refractivity contribution in [1.82, 2.24) is 15.5 Å². The van der Waals surface area contributed by atoms with E-state index < -0.39 is 11.7 Å². The summed E-state index contributed by atoms with van der Waals surface area (Å²) in [6, 6.07) is 11.8. The van der Waals surface area contributed by atoms with Gasteiger partial charge in [0, 0.05) is 23.6 Å². The molecule has 0 saturated heterocycles. The first-order chi connectivity index (χ1) is 12.0. The Morgan fingerprint density at radius 1 is 1.24 bits per heavy atom. The molecule has 0 fully saturated rings. The molecule has 2 aromatic carbocycles. The van der Waals surface area contributed by atoms with E-state index in [1.54, 1.807) is 43.3 Å². The first-order valence-corrected chi connectivity index (χ1v) is 8.04. The van der Waals surface area contributed by atoms with Crippen molar-refractivity contribution in [2.75, 3.05) is 6.54 Å². The van der Waals surface area contributed by atoms with Crippen molar-refractivity contribution >= 4 is 17.5 Å². The Morgan fingerprint density at radius 3 is 2.76 bits per heavy atom. The van der Waals surface area contributed by atoms with Gasteiger partial charge in [-0.2, -0.15) is 4.98 Å². The van der Waals surface area contributed by atoms with Crippen molar-refractivity contribution in [3.05, 3.63) is 70.3 Å². The Kier molecular flexibility index (Phi) is 5.09. The van der Waals surface area contributed by atoms with E-state index in [2.05, 4.69) is 15.5 Å². The predicted octanol–water partition coefficient (Wildman–Crippen LogP) is 3.81. The van der Waals surface area contributed by atoms with Gasteiger partial charge in [-0.1, -0.05) is 28.9 Å². The summed E-state index contributed by atoms with van der Waals surface area (Å²) < 4.78 is 19.1. The molecule has 25 heavy (non-hydrogen) atoms. The van der Waals surface area contributed by atoms with Crippen LogP contribution in [-0.4, -0.2) is 22.6 Å². The van der Waals surface area contributed by atoms with Crippen LogP contribution in [0.15, 0.2) is 47.0 Å². The van der Waals surface area contributed by atoms with Crippen LogP contribution in [0.3, 0.4) is 0 Å². The summed E-state index contributed by atoms with van der Waals surface area (Å²) in [4.78, 5) is 16.3. The highest BCUT2D eigenvalue weighted by atomic mass is 35.5. The van der Waals surface area contributed by atoms with Gasteiger partial charge in [0.2, 0.25) is 11.7 Å². The van der Waals surface area contributed by atoms with Crippen LogP contribution in [0.25, 0.3) is 11.4 Å². The fourth-order valence-electron chi connectivity index (χ4n) is 2.27. The van der Waals surface area contributed by atoms with E-state index in [0.717, 1.165) is 5.56 Å². The van der Waals surface area contributed by atoms with Gasteiger partial charge in [0.15, 0.2) is 0 Å². The number of carbonyl (C=O) groups is 1. The average molecular weight is 360 g/mol. The van der Waals surface area contributed by atoms with E-state index in [1.165, 1.54) is 6.07 Å². The Bertz CT molecular complexity index is 894. The Hall–Kier alpha value is -2.73. The first-order valence-electron chi connectivity index (χ1n) is 7.66. The van der Waals surface area contributed by atoms with Crippen LogP contribution in [0.1, 0.15) is 21.8 Å². The molecule has 0 atom stereocenters. The van der Waals surface area contributed by atoms with Gasteiger partial charge in [-0.05, 0) is 42.8 Å². The summed E-state index contributed by atoms with van der Waals surface area (Å²) in [5, 5.41) is 7.17. The van der Waals surface area contributed by atoms with Gasteiger partial charge in [0.25, 0.3) is 5.91 Å². The highest BCUT2D eigenvalue weighted by Crippen LogP contribution is 2.18. The van der Waals surface area contributed by atoms with E-state index in [4.69, 9.17) is 16.1 Å². The molecule has 5 nitrogen and oxygen atoms in total. The lowest BCUT2D eigenvalue weighted by molar-refractivity contribution is 0.0949. The summed E-state index contributed by atoms with van der Waals surface area (Å²) in [7, 11) is 0. The molecular formula is C18H15ClFN3O2. The predicted molar refractivity (Wildman–Crippen MR) is 91.9 cm³/mol. The standard InChI is InChI=1S/C18H15ClFN3O2/c1-11-3-2-4-14(16(11)20)18(24)21-10-9-15-22-17(23-25-15)12-5-7-13(19)8-6-12/h2-8H,9-10H2,1H3,(H,21,24). The molecule has 1 aromatic heterocycles. The third-order valence-corrected chi connectivity index (χ3v) is 3.88. The van der Waals surface area contributed by atoms with Crippen LogP contribution in [0.2, 0.25) is 5.02 Å². The largest absolute Gasteiger partial charge is 0.351 e. The number of carbonyl (C=O) groups excluding carboxylic acids is 1. The molecule has 0 bridgehead atoms. The first kappa shape index (κ1) is 17.1. The minimum Gasteiger partial charge on any atom is -0.351 e. The van der Waals surface area contributed by atoms with Gasteiger partial charge < -0.3 is 9.84 Å². The summed E-state index contributed by atoms with van der Waals surface area (Å²) in [5.41, 5.74) is 1.23. The maximum Gasteiger partial charge on any atom is 0.254 e. The van der Waals surface area contributed by atoms with Crippen molar-refractivity contribution in [3.8, 4) is 11.4 Å². The monoisotopic (exact) mass is 359 g/mol. The van der Waals surface area contributed by atoms with Gasteiger partial charge in [-0.3, -0.25) is 4.79 Å². The second-order valence-corrected chi connectivity index (χ2v) is 5.90. The van der Waals surface area contributed by atoms with Crippen molar-refractivity contribution in [1.29, 1.82) is 0 Å². The van der Waals surface area contributed by atoms with E-state index >= 15 is 0 Å².